The Hall–Kier alpha value is -2.27. The molecule has 1 aliphatic rings. The number of hydrogen-bond donors (Lipinski definition) is 1. The number of pyridine rings is 1. The lowest BCUT2D eigenvalue weighted by Crippen LogP contribution is -2.36. The topological polar surface area (TPSA) is 60.6 Å². The van der Waals surface area contributed by atoms with E-state index in [9.17, 15) is 0 Å². The number of ether oxygens (including phenoxy) is 2. The molecule has 0 saturated carbocycles. The Morgan fingerprint density at radius 1 is 1.21 bits per heavy atom. The zero-order valence-electron chi connectivity index (χ0n) is 14.4. The van der Waals surface area contributed by atoms with Crippen molar-refractivity contribution in [2.75, 3.05) is 43.5 Å². The van der Waals surface area contributed by atoms with E-state index >= 15 is 0 Å². The predicted molar refractivity (Wildman–Crippen MR) is 97.6 cm³/mol. The number of benzene rings is 1. The van der Waals surface area contributed by atoms with Crippen LogP contribution in [0.4, 0.5) is 11.5 Å². The van der Waals surface area contributed by atoms with E-state index in [0.29, 0.717) is 12.5 Å². The molecule has 1 fully saturated rings. The molecule has 0 unspecified atom stereocenters. The highest BCUT2D eigenvalue weighted by molar-refractivity contribution is 5.74. The molecule has 1 aromatic heterocycles. The maximum Gasteiger partial charge on any atom is 0.215 e. The third kappa shape index (κ3) is 3.79. The summed E-state index contributed by atoms with van der Waals surface area (Å²) in [5.41, 5.74) is 10.1. The molecule has 5 nitrogen and oxygen atoms in total. The van der Waals surface area contributed by atoms with Gasteiger partial charge < -0.3 is 20.1 Å². The third-order valence-electron chi connectivity index (χ3n) is 4.15. The minimum atomic E-state index is 0.662. The first-order valence-corrected chi connectivity index (χ1v) is 8.51. The van der Waals surface area contributed by atoms with Gasteiger partial charge in [0.05, 0.1) is 19.8 Å². The Morgan fingerprint density at radius 2 is 2.00 bits per heavy atom. The summed E-state index contributed by atoms with van der Waals surface area (Å²) in [5, 5.41) is 0. The van der Waals surface area contributed by atoms with Crippen molar-refractivity contribution in [3.8, 4) is 17.0 Å². The highest BCUT2D eigenvalue weighted by Gasteiger charge is 2.16. The van der Waals surface area contributed by atoms with Crippen LogP contribution in [0, 0.1) is 6.92 Å². The molecule has 1 saturated heterocycles. The second-order valence-corrected chi connectivity index (χ2v) is 6.07. The van der Waals surface area contributed by atoms with Crippen LogP contribution in [-0.2, 0) is 4.74 Å². The minimum Gasteiger partial charge on any atom is -0.478 e. The Kier molecular flexibility index (Phi) is 5.20. The first-order valence-electron chi connectivity index (χ1n) is 8.51. The SMILES string of the molecule is CCCOc1cc(-c2cc(N)ccc2C)cc(N2CCOCC2)n1. The van der Waals surface area contributed by atoms with Gasteiger partial charge in [-0.25, -0.2) is 0 Å². The molecule has 0 bridgehead atoms. The van der Waals surface area contributed by atoms with Crippen LogP contribution in [0.3, 0.4) is 0 Å². The average molecular weight is 327 g/mol. The van der Waals surface area contributed by atoms with Crippen molar-refractivity contribution in [2.24, 2.45) is 0 Å². The molecule has 0 radical (unpaired) electrons. The van der Waals surface area contributed by atoms with E-state index in [1.165, 1.54) is 5.56 Å². The Balaban J connectivity index is 2.01. The number of aryl methyl sites for hydroxylation is 1. The van der Waals surface area contributed by atoms with Gasteiger partial charge in [0.1, 0.15) is 5.82 Å². The molecule has 0 aliphatic carbocycles. The molecule has 2 heterocycles. The number of rotatable bonds is 5. The van der Waals surface area contributed by atoms with Gasteiger partial charge in [0.2, 0.25) is 5.88 Å². The van der Waals surface area contributed by atoms with Crippen molar-refractivity contribution in [1.82, 2.24) is 4.98 Å². The molecule has 0 spiro atoms. The fraction of sp³-hybridized carbons (Fsp3) is 0.421. The van der Waals surface area contributed by atoms with Crippen molar-refractivity contribution in [1.29, 1.82) is 0 Å². The maximum atomic E-state index is 5.99. The summed E-state index contributed by atoms with van der Waals surface area (Å²) >= 11 is 0. The lowest BCUT2D eigenvalue weighted by molar-refractivity contribution is 0.122. The van der Waals surface area contributed by atoms with Crippen LogP contribution in [0.5, 0.6) is 5.88 Å². The van der Waals surface area contributed by atoms with Gasteiger partial charge >= 0.3 is 0 Å². The maximum absolute atomic E-state index is 5.99. The molecule has 1 aromatic carbocycles. The summed E-state index contributed by atoms with van der Waals surface area (Å²) in [6.45, 7) is 8.00. The van der Waals surface area contributed by atoms with E-state index < -0.39 is 0 Å². The summed E-state index contributed by atoms with van der Waals surface area (Å²) in [6, 6.07) is 10.1. The largest absolute Gasteiger partial charge is 0.478 e. The quantitative estimate of drug-likeness (QED) is 0.854. The molecule has 1 aliphatic heterocycles. The normalized spacial score (nSPS) is 14.7. The second-order valence-electron chi connectivity index (χ2n) is 6.07. The smallest absolute Gasteiger partial charge is 0.215 e. The molecule has 3 rings (SSSR count). The second kappa shape index (κ2) is 7.53. The van der Waals surface area contributed by atoms with Gasteiger partial charge in [-0.2, -0.15) is 4.98 Å². The van der Waals surface area contributed by atoms with Gasteiger partial charge in [0.15, 0.2) is 0 Å². The van der Waals surface area contributed by atoms with Gasteiger partial charge in [-0.1, -0.05) is 13.0 Å². The molecule has 0 atom stereocenters. The van der Waals surface area contributed by atoms with E-state index in [-0.39, 0.29) is 0 Å². The first kappa shape index (κ1) is 16.6. The van der Waals surface area contributed by atoms with Crippen LogP contribution in [0.2, 0.25) is 0 Å². The van der Waals surface area contributed by atoms with Gasteiger partial charge in [0.25, 0.3) is 0 Å². The van der Waals surface area contributed by atoms with Gasteiger partial charge in [-0.15, -0.1) is 0 Å². The number of nitrogen functional groups attached to an aromatic ring is 1. The number of nitrogens with zero attached hydrogens (tertiary/aromatic N) is 2. The highest BCUT2D eigenvalue weighted by Crippen LogP contribution is 2.31. The molecular formula is C19H25N3O2. The third-order valence-corrected chi connectivity index (χ3v) is 4.15. The molecule has 5 heteroatoms. The monoisotopic (exact) mass is 327 g/mol. The van der Waals surface area contributed by atoms with Crippen molar-refractivity contribution >= 4 is 11.5 Å². The minimum absolute atomic E-state index is 0.662. The Bertz CT molecular complexity index is 697. The number of hydrogen-bond acceptors (Lipinski definition) is 5. The van der Waals surface area contributed by atoms with Crippen LogP contribution in [-0.4, -0.2) is 37.9 Å². The van der Waals surface area contributed by atoms with Crippen molar-refractivity contribution in [3.63, 3.8) is 0 Å². The number of nitrogens with two attached hydrogens (primary N) is 1. The van der Waals surface area contributed by atoms with Crippen molar-refractivity contribution in [3.05, 3.63) is 35.9 Å². The van der Waals surface area contributed by atoms with Crippen LogP contribution >= 0.6 is 0 Å². The summed E-state index contributed by atoms with van der Waals surface area (Å²) in [5.74, 6) is 1.60. The van der Waals surface area contributed by atoms with Crippen molar-refractivity contribution in [2.45, 2.75) is 20.3 Å². The number of morpholine rings is 1. The Morgan fingerprint density at radius 3 is 2.75 bits per heavy atom. The lowest BCUT2D eigenvalue weighted by atomic mass is 10.0. The van der Waals surface area contributed by atoms with E-state index in [1.807, 2.05) is 24.3 Å². The number of anilines is 2. The van der Waals surface area contributed by atoms with Crippen LogP contribution in [0.25, 0.3) is 11.1 Å². The van der Waals surface area contributed by atoms with E-state index in [4.69, 9.17) is 15.2 Å². The summed E-state index contributed by atoms with van der Waals surface area (Å²) in [7, 11) is 0. The number of aromatic nitrogens is 1. The van der Waals surface area contributed by atoms with E-state index in [1.54, 1.807) is 0 Å². The van der Waals surface area contributed by atoms with Crippen LogP contribution < -0.4 is 15.4 Å². The summed E-state index contributed by atoms with van der Waals surface area (Å²) < 4.78 is 11.3. The fourth-order valence-electron chi connectivity index (χ4n) is 2.83. The predicted octanol–water partition coefficient (Wildman–Crippen LogP) is 3.26. The lowest BCUT2D eigenvalue weighted by Gasteiger charge is -2.28. The average Bonchev–Trinajstić information content (AvgIpc) is 2.62. The highest BCUT2D eigenvalue weighted by atomic mass is 16.5. The van der Waals surface area contributed by atoms with Gasteiger partial charge in [-0.3, -0.25) is 0 Å². The zero-order valence-corrected chi connectivity index (χ0v) is 14.4. The van der Waals surface area contributed by atoms with E-state index in [0.717, 1.165) is 55.4 Å². The molecule has 24 heavy (non-hydrogen) atoms. The fourth-order valence-corrected chi connectivity index (χ4v) is 2.83. The first-order chi connectivity index (χ1) is 11.7. The zero-order chi connectivity index (χ0) is 16.9. The summed E-state index contributed by atoms with van der Waals surface area (Å²) in [4.78, 5) is 6.93. The molecule has 128 valence electrons. The van der Waals surface area contributed by atoms with Crippen molar-refractivity contribution < 1.29 is 9.47 Å². The van der Waals surface area contributed by atoms with E-state index in [2.05, 4.69) is 29.8 Å². The molecule has 2 N–H and O–H groups in total. The van der Waals surface area contributed by atoms with Crippen LogP contribution in [0.15, 0.2) is 30.3 Å². The summed E-state index contributed by atoms with van der Waals surface area (Å²) in [6.07, 6.45) is 0.954. The van der Waals surface area contributed by atoms with Gasteiger partial charge in [0, 0.05) is 24.8 Å². The molecule has 0 amide bonds. The van der Waals surface area contributed by atoms with Crippen LogP contribution in [0.1, 0.15) is 18.9 Å². The molecule has 2 aromatic rings. The Labute approximate surface area is 143 Å². The van der Waals surface area contributed by atoms with Gasteiger partial charge in [-0.05, 0) is 48.2 Å². The molecular weight excluding hydrogens is 302 g/mol. The standard InChI is InChI=1S/C19H25N3O2/c1-3-8-24-19-12-15(17-13-16(20)5-4-14(17)2)11-18(21-19)22-6-9-23-10-7-22/h4-5,11-13H,3,6-10,20H2,1-2H3.